The lowest BCUT2D eigenvalue weighted by Gasteiger charge is -2.18. The van der Waals surface area contributed by atoms with Crippen LogP contribution in [0, 0.1) is 22.7 Å². The van der Waals surface area contributed by atoms with Gasteiger partial charge in [-0.25, -0.2) is 9.59 Å². The molecule has 2 atom stereocenters. The quantitative estimate of drug-likeness (QED) is 0.0676. The largest absolute Gasteiger partial charge is 0.504 e. The minimum absolute atomic E-state index is 0.0176. The van der Waals surface area contributed by atoms with E-state index in [-0.39, 0.29) is 42.7 Å². The summed E-state index contributed by atoms with van der Waals surface area (Å²) in [5, 5.41) is 37.4. The maximum Gasteiger partial charge on any atom is 0.410 e. The van der Waals surface area contributed by atoms with E-state index >= 15 is 0 Å². The van der Waals surface area contributed by atoms with Gasteiger partial charge in [0, 0.05) is 81.3 Å². The van der Waals surface area contributed by atoms with Crippen LogP contribution in [0.1, 0.15) is 52.2 Å². The van der Waals surface area contributed by atoms with Crippen molar-refractivity contribution in [1.82, 2.24) is 19.8 Å². The zero-order valence-electron chi connectivity index (χ0n) is 49.2. The van der Waals surface area contributed by atoms with Crippen molar-refractivity contribution in [3.8, 4) is 69.6 Å². The summed E-state index contributed by atoms with van der Waals surface area (Å²) in [6.45, 7) is 11.3. The number of hydrogen-bond donors (Lipinski definition) is 3. The molecule has 2 aromatic heterocycles. The minimum Gasteiger partial charge on any atom is -0.504 e. The number of pyridine rings is 2. The summed E-state index contributed by atoms with van der Waals surface area (Å²) in [5.74, 6) is 4.97. The highest BCUT2D eigenvalue weighted by atomic mass is 16.6. The molecule has 0 unspecified atom stereocenters. The SMILES string of the molecule is CC[C@@H]1CN(C(C)C)C(=O)O1.COc1cc2c(Nc3ccc(Oc4ccccc4OC)cc3)c(C#N)cnc2cc1O.COc1cc2c(Nc3ccc(Oc4ccccc4OC)cc3)c(C#N)cnc2cc1OC[C@@H]1CN(C(C)C)C(=O)O1.[B][B][B]. The summed E-state index contributed by atoms with van der Waals surface area (Å²) in [4.78, 5) is 35.3. The maximum absolute atomic E-state index is 12.1. The van der Waals surface area contributed by atoms with Crippen molar-refractivity contribution in [2.24, 2.45) is 0 Å². The minimum atomic E-state index is -0.397. The lowest BCUT2D eigenvalue weighted by molar-refractivity contribution is 0.101. The molecule has 2 aliphatic rings. The molecule has 0 spiro atoms. The van der Waals surface area contributed by atoms with Crippen LogP contribution in [0.5, 0.6) is 57.5 Å². The third-order valence-corrected chi connectivity index (χ3v) is 13.3. The van der Waals surface area contributed by atoms with Gasteiger partial charge in [-0.05, 0) is 119 Å². The molecule has 0 saturated carbocycles. The van der Waals surface area contributed by atoms with E-state index in [9.17, 15) is 25.2 Å². The van der Waals surface area contributed by atoms with Crippen molar-refractivity contribution in [2.75, 3.05) is 58.8 Å². The summed E-state index contributed by atoms with van der Waals surface area (Å²) in [6, 6.07) is 40.9. The summed E-state index contributed by atoms with van der Waals surface area (Å²) in [6.07, 6.45) is 3.10. The number of aromatic hydroxyl groups is 1. The number of nitriles is 2. The number of methoxy groups -OCH3 is 4. The number of nitrogens with one attached hydrogen (secondary N) is 2. The monoisotopic (exact) mass is 1160 g/mol. The van der Waals surface area contributed by atoms with Gasteiger partial charge in [-0.15, -0.1) is 0 Å². The summed E-state index contributed by atoms with van der Waals surface area (Å²) < 4.78 is 49.9. The number of amides is 2. The number of ether oxygens (including phenoxy) is 9. The number of hydrogen-bond acceptors (Lipinski definition) is 18. The number of para-hydroxylation sites is 4. The number of aromatic nitrogens is 2. The van der Waals surface area contributed by atoms with E-state index in [1.165, 1.54) is 25.6 Å². The van der Waals surface area contributed by atoms with Gasteiger partial charge in [0.05, 0.1) is 75.1 Å². The number of anilines is 4. The van der Waals surface area contributed by atoms with Gasteiger partial charge in [0.15, 0.2) is 52.1 Å². The Morgan fingerprint density at radius 2 is 1.01 bits per heavy atom. The molecular formula is C63H64B3N8O12. The number of phenolic OH excluding ortho intramolecular Hbond substituents is 1. The smallest absolute Gasteiger partial charge is 0.410 e. The molecule has 2 saturated heterocycles. The van der Waals surface area contributed by atoms with Crippen LogP contribution in [0.3, 0.4) is 0 Å². The van der Waals surface area contributed by atoms with Crippen molar-refractivity contribution in [3.63, 3.8) is 0 Å². The highest BCUT2D eigenvalue weighted by molar-refractivity contribution is 7.17. The van der Waals surface area contributed by atoms with Crippen molar-refractivity contribution >= 4 is 79.3 Å². The van der Waals surface area contributed by atoms with Gasteiger partial charge in [0.1, 0.15) is 36.3 Å². The number of fused-ring (bicyclic) bond motifs is 2. The molecule has 8 aromatic rings. The predicted molar refractivity (Wildman–Crippen MR) is 331 cm³/mol. The predicted octanol–water partition coefficient (Wildman–Crippen LogP) is 12.1. The second-order valence-corrected chi connectivity index (χ2v) is 19.6. The van der Waals surface area contributed by atoms with Crippen LogP contribution < -0.4 is 43.8 Å². The van der Waals surface area contributed by atoms with E-state index in [1.54, 1.807) is 49.3 Å². The van der Waals surface area contributed by atoms with Gasteiger partial charge in [0.2, 0.25) is 0 Å². The summed E-state index contributed by atoms with van der Waals surface area (Å²) in [7, 11) is 16.2. The van der Waals surface area contributed by atoms with E-state index in [4.69, 9.17) is 42.6 Å². The third kappa shape index (κ3) is 15.9. The molecule has 3 N–H and O–H groups in total. The van der Waals surface area contributed by atoms with Crippen molar-refractivity contribution in [2.45, 2.75) is 65.3 Å². The second kappa shape index (κ2) is 30.4. The number of phenols is 1. The van der Waals surface area contributed by atoms with Crippen LogP contribution in [0.4, 0.5) is 32.3 Å². The van der Waals surface area contributed by atoms with E-state index in [0.717, 1.165) is 31.4 Å². The summed E-state index contributed by atoms with van der Waals surface area (Å²) in [5.41, 5.74) is 4.54. The number of rotatable bonds is 18. The van der Waals surface area contributed by atoms with Gasteiger partial charge >= 0.3 is 12.2 Å². The Morgan fingerprint density at radius 1 is 0.605 bits per heavy atom. The first-order valence-corrected chi connectivity index (χ1v) is 27.3. The van der Waals surface area contributed by atoms with Gasteiger partial charge in [-0.1, -0.05) is 31.2 Å². The Labute approximate surface area is 503 Å². The average Bonchev–Trinajstić information content (AvgIpc) is 1.92. The van der Waals surface area contributed by atoms with Crippen molar-refractivity contribution in [1.29, 1.82) is 10.5 Å². The Bertz CT molecular complexity index is 3700. The zero-order chi connectivity index (χ0) is 61.9. The van der Waals surface area contributed by atoms with Gasteiger partial charge in [-0.2, -0.15) is 10.5 Å². The lowest BCUT2D eigenvalue weighted by atomic mass is 9.40. The first-order valence-electron chi connectivity index (χ1n) is 27.3. The number of carbonyl (C=O) groups is 2. The van der Waals surface area contributed by atoms with Crippen LogP contribution in [-0.2, 0) is 9.47 Å². The molecular weight excluding hydrogens is 1090 g/mol. The lowest BCUT2D eigenvalue weighted by Crippen LogP contribution is -2.32. The Kier molecular flexibility index (Phi) is 22.4. The number of carbonyl (C=O) groups excluding carboxylic acids is 2. The molecule has 20 nitrogen and oxygen atoms in total. The first kappa shape index (κ1) is 63.4. The zero-order valence-corrected chi connectivity index (χ0v) is 49.2. The van der Waals surface area contributed by atoms with E-state index in [1.807, 2.05) is 132 Å². The molecule has 437 valence electrons. The highest BCUT2D eigenvalue weighted by Crippen LogP contribution is 2.40. The van der Waals surface area contributed by atoms with Crippen LogP contribution in [0.2, 0.25) is 0 Å². The van der Waals surface area contributed by atoms with Crippen LogP contribution in [0.15, 0.2) is 134 Å². The second-order valence-electron chi connectivity index (χ2n) is 19.6. The van der Waals surface area contributed by atoms with Gasteiger partial charge in [-0.3, -0.25) is 9.97 Å². The van der Waals surface area contributed by atoms with E-state index in [2.05, 4.69) is 48.2 Å². The molecule has 6 aromatic carbocycles. The van der Waals surface area contributed by atoms with Crippen molar-refractivity contribution < 1.29 is 57.3 Å². The molecule has 10 rings (SSSR count). The highest BCUT2D eigenvalue weighted by Gasteiger charge is 2.34. The maximum atomic E-state index is 12.1. The molecule has 23 heteroatoms. The Balaban J connectivity index is 0.000000206. The van der Waals surface area contributed by atoms with Crippen LogP contribution in [-0.4, -0.2) is 132 Å². The first-order chi connectivity index (χ1) is 41.6. The van der Waals surface area contributed by atoms with Gasteiger partial charge < -0.3 is 68.2 Å². The van der Waals surface area contributed by atoms with Gasteiger partial charge in [0.25, 0.3) is 0 Å². The third-order valence-electron chi connectivity index (χ3n) is 13.3. The van der Waals surface area contributed by atoms with E-state index < -0.39 is 6.10 Å². The summed E-state index contributed by atoms with van der Waals surface area (Å²) >= 11 is 0. The molecule has 2 amide bonds. The topological polar surface area (TPSA) is 241 Å². The normalized spacial score (nSPS) is 13.9. The Morgan fingerprint density at radius 3 is 1.41 bits per heavy atom. The van der Waals surface area contributed by atoms with E-state index in [0.29, 0.717) is 103 Å². The molecule has 0 aliphatic carbocycles. The molecule has 4 heterocycles. The fourth-order valence-corrected chi connectivity index (χ4v) is 8.85. The number of nitrogens with zero attached hydrogens (tertiary/aromatic N) is 6. The standard InChI is InChI=1S/C31H30N4O6.C24H19N3O4.C8H15NO2.B3/c1-19(2)35-17-23(41-31(35)36)18-39-29-14-25-24(13-28(29)38-4)30(20(15-32)16-33-25)34-21-9-11-22(12-10-21)40-27-8-6-5-7-26(27)37-3;1-29-21-5-3-4-6-22(21)31-17-9-7-16(8-10-17)27-24-15(13-25)14-26-19-12-20(28)23(30-2)11-18(19)24;1-4-7-5-9(6(2)3)8(10)11-7;1-3-2/h5-14,16,19,23H,17-18H2,1-4H3,(H,33,34);3-12,14,28H,1-2H3,(H,26,27);6-7H,4-5H2,1-3H3;/t23-;;7-;/m0.1./s1. The van der Waals surface area contributed by atoms with Crippen molar-refractivity contribution in [3.05, 3.63) is 145 Å². The fraction of sp³-hybridized carbons (Fsp3) is 0.270. The van der Waals surface area contributed by atoms with Crippen LogP contribution >= 0.6 is 0 Å². The molecule has 2 aliphatic heterocycles. The average molecular weight is 1160 g/mol. The molecule has 5 radical (unpaired) electrons. The number of benzene rings is 6. The Hall–Kier alpha value is -10.1. The molecule has 2 fully saturated rings. The molecule has 0 bridgehead atoms. The molecule has 86 heavy (non-hydrogen) atoms. The number of cyclic esters (lactones) is 2. The van der Waals surface area contributed by atoms with Crippen LogP contribution in [0.25, 0.3) is 21.8 Å². The fourth-order valence-electron chi connectivity index (χ4n) is 8.85.